The topological polar surface area (TPSA) is 52.3 Å². The van der Waals surface area contributed by atoms with Crippen LogP contribution in [0.4, 0.5) is 0 Å². The molecule has 0 aliphatic rings. The first-order valence-corrected chi connectivity index (χ1v) is 5.80. The van der Waals surface area contributed by atoms with Crippen LogP contribution in [0.3, 0.4) is 0 Å². The predicted octanol–water partition coefficient (Wildman–Crippen LogP) is 1.44. The van der Waals surface area contributed by atoms with Gasteiger partial charge < -0.3 is 10.5 Å². The van der Waals surface area contributed by atoms with Crippen LogP contribution in [0.1, 0.15) is 11.3 Å². The minimum Gasteiger partial charge on any atom is -0.459 e. The number of nitrogens with two attached hydrogens (primary N) is 1. The fourth-order valence-electron chi connectivity index (χ4n) is 0.901. The van der Waals surface area contributed by atoms with Crippen LogP contribution in [-0.2, 0) is 16.1 Å². The van der Waals surface area contributed by atoms with Crippen LogP contribution in [0.15, 0.2) is 17.5 Å². The van der Waals surface area contributed by atoms with Gasteiger partial charge in [-0.3, -0.25) is 4.79 Å². The van der Waals surface area contributed by atoms with Gasteiger partial charge in [0.1, 0.15) is 12.6 Å². The summed E-state index contributed by atoms with van der Waals surface area (Å²) >= 11 is 5.55. The van der Waals surface area contributed by atoms with Gasteiger partial charge in [0.25, 0.3) is 0 Å². The Hall–Kier alpha value is -0.520. The van der Waals surface area contributed by atoms with Crippen LogP contribution in [0.5, 0.6) is 0 Å². The smallest absolute Gasteiger partial charge is 0.323 e. The Labute approximate surface area is 92.7 Å². The van der Waals surface area contributed by atoms with Gasteiger partial charge in [-0.15, -0.1) is 11.3 Å². The molecule has 0 radical (unpaired) electrons. The fourth-order valence-corrected chi connectivity index (χ4v) is 1.80. The van der Waals surface area contributed by atoms with Crippen molar-refractivity contribution in [2.24, 2.45) is 5.73 Å². The van der Waals surface area contributed by atoms with Crippen molar-refractivity contribution >= 4 is 29.9 Å². The number of ether oxygens (including phenoxy) is 1. The highest BCUT2D eigenvalue weighted by Crippen LogP contribution is 2.10. The number of thiol groups is 1. The molecule has 3 nitrogen and oxygen atoms in total. The van der Waals surface area contributed by atoms with E-state index in [4.69, 9.17) is 10.5 Å². The number of thiophene rings is 1. The summed E-state index contributed by atoms with van der Waals surface area (Å²) in [5.74, 6) is 0.238. The van der Waals surface area contributed by atoms with E-state index in [0.29, 0.717) is 18.8 Å². The molecule has 0 amide bonds. The molecule has 78 valence electrons. The first-order chi connectivity index (χ1) is 6.74. The molecule has 1 unspecified atom stereocenters. The van der Waals surface area contributed by atoms with E-state index in [9.17, 15) is 4.79 Å². The second-order valence-electron chi connectivity index (χ2n) is 2.81. The molecule has 1 atom stereocenters. The molecule has 0 bridgehead atoms. The third-order valence-electron chi connectivity index (χ3n) is 1.68. The summed E-state index contributed by atoms with van der Waals surface area (Å²) in [6.45, 7) is 0.316. The Morgan fingerprint density at radius 3 is 3.07 bits per heavy atom. The van der Waals surface area contributed by atoms with Crippen molar-refractivity contribution in [2.45, 2.75) is 19.1 Å². The molecule has 1 aromatic heterocycles. The van der Waals surface area contributed by atoms with Crippen LogP contribution < -0.4 is 5.73 Å². The lowest BCUT2D eigenvalue weighted by Crippen LogP contribution is -2.32. The van der Waals surface area contributed by atoms with Crippen LogP contribution in [0.25, 0.3) is 0 Å². The van der Waals surface area contributed by atoms with Crippen molar-refractivity contribution in [3.63, 3.8) is 0 Å². The lowest BCUT2D eigenvalue weighted by atomic mass is 10.2. The Balaban J connectivity index is 2.27. The van der Waals surface area contributed by atoms with Crippen molar-refractivity contribution in [1.82, 2.24) is 0 Å². The maximum atomic E-state index is 11.3. The van der Waals surface area contributed by atoms with Crippen LogP contribution in [0, 0.1) is 0 Å². The molecule has 0 aromatic carbocycles. The SMILES string of the molecule is NC(CCS)C(=O)OCc1cccs1. The largest absolute Gasteiger partial charge is 0.459 e. The van der Waals surface area contributed by atoms with Crippen molar-refractivity contribution in [1.29, 1.82) is 0 Å². The van der Waals surface area contributed by atoms with E-state index in [-0.39, 0.29) is 5.97 Å². The van der Waals surface area contributed by atoms with Gasteiger partial charge in [-0.2, -0.15) is 12.6 Å². The summed E-state index contributed by atoms with van der Waals surface area (Å²) in [5.41, 5.74) is 5.55. The third kappa shape index (κ3) is 3.69. The number of carbonyl (C=O) groups is 1. The highest BCUT2D eigenvalue weighted by Gasteiger charge is 2.13. The summed E-state index contributed by atoms with van der Waals surface area (Å²) in [5, 5.41) is 1.94. The van der Waals surface area contributed by atoms with E-state index >= 15 is 0 Å². The van der Waals surface area contributed by atoms with E-state index < -0.39 is 6.04 Å². The lowest BCUT2D eigenvalue weighted by molar-refractivity contribution is -0.146. The number of hydrogen-bond acceptors (Lipinski definition) is 5. The monoisotopic (exact) mass is 231 g/mol. The van der Waals surface area contributed by atoms with Gasteiger partial charge in [0.15, 0.2) is 0 Å². The molecule has 0 fully saturated rings. The van der Waals surface area contributed by atoms with E-state index in [2.05, 4.69) is 12.6 Å². The standard InChI is InChI=1S/C9H13NO2S2/c10-8(3-4-13)9(11)12-6-7-2-1-5-14-7/h1-2,5,8,13H,3-4,6,10H2. The Kier molecular flexibility index (Phi) is 5.00. The number of carbonyl (C=O) groups excluding carboxylic acids is 1. The van der Waals surface area contributed by atoms with Crippen LogP contribution in [-0.4, -0.2) is 17.8 Å². The summed E-state index contributed by atoms with van der Waals surface area (Å²) in [6.07, 6.45) is 0.548. The Morgan fingerprint density at radius 1 is 1.71 bits per heavy atom. The molecule has 5 heteroatoms. The quantitative estimate of drug-likeness (QED) is 0.595. The highest BCUT2D eigenvalue weighted by atomic mass is 32.1. The lowest BCUT2D eigenvalue weighted by Gasteiger charge is -2.08. The maximum Gasteiger partial charge on any atom is 0.323 e. The van der Waals surface area contributed by atoms with Crippen LogP contribution >= 0.6 is 24.0 Å². The van der Waals surface area contributed by atoms with Gasteiger partial charge in [-0.05, 0) is 23.6 Å². The van der Waals surface area contributed by atoms with E-state index in [1.807, 2.05) is 17.5 Å². The molecule has 0 aliphatic carbocycles. The molecular formula is C9H13NO2S2. The molecule has 0 aliphatic heterocycles. The maximum absolute atomic E-state index is 11.3. The van der Waals surface area contributed by atoms with Crippen molar-refractivity contribution < 1.29 is 9.53 Å². The summed E-state index contributed by atoms with van der Waals surface area (Å²) in [4.78, 5) is 12.3. The highest BCUT2D eigenvalue weighted by molar-refractivity contribution is 7.80. The predicted molar refractivity (Wildman–Crippen MR) is 60.6 cm³/mol. The Morgan fingerprint density at radius 2 is 2.50 bits per heavy atom. The first kappa shape index (κ1) is 11.6. The minimum absolute atomic E-state index is 0.316. The zero-order valence-electron chi connectivity index (χ0n) is 7.68. The molecule has 1 aromatic rings. The summed E-state index contributed by atoms with van der Waals surface area (Å²) in [6, 6.07) is 3.29. The van der Waals surface area contributed by atoms with Gasteiger partial charge in [0, 0.05) is 4.88 Å². The molecule has 1 rings (SSSR count). The van der Waals surface area contributed by atoms with Crippen LogP contribution in [0.2, 0.25) is 0 Å². The molecule has 0 saturated carbocycles. The zero-order valence-corrected chi connectivity index (χ0v) is 9.39. The number of hydrogen-bond donors (Lipinski definition) is 2. The van der Waals surface area contributed by atoms with Crippen molar-refractivity contribution in [2.75, 3.05) is 5.75 Å². The molecule has 2 N–H and O–H groups in total. The first-order valence-electron chi connectivity index (χ1n) is 4.29. The summed E-state index contributed by atoms with van der Waals surface area (Å²) in [7, 11) is 0. The normalized spacial score (nSPS) is 12.4. The summed E-state index contributed by atoms with van der Waals surface area (Å²) < 4.78 is 5.01. The van der Waals surface area contributed by atoms with Gasteiger partial charge in [-0.1, -0.05) is 6.07 Å². The third-order valence-corrected chi connectivity index (χ3v) is 2.79. The fraction of sp³-hybridized carbons (Fsp3) is 0.444. The second-order valence-corrected chi connectivity index (χ2v) is 4.29. The van der Waals surface area contributed by atoms with Gasteiger partial charge in [-0.25, -0.2) is 0 Å². The molecule has 14 heavy (non-hydrogen) atoms. The zero-order chi connectivity index (χ0) is 10.4. The van der Waals surface area contributed by atoms with Gasteiger partial charge in [0.05, 0.1) is 0 Å². The molecule has 1 heterocycles. The second kappa shape index (κ2) is 6.06. The molecule has 0 saturated heterocycles. The number of rotatable bonds is 5. The Bertz CT molecular complexity index is 274. The average molecular weight is 231 g/mol. The minimum atomic E-state index is -0.549. The number of esters is 1. The van der Waals surface area contributed by atoms with E-state index in [1.165, 1.54) is 0 Å². The molecule has 0 spiro atoms. The van der Waals surface area contributed by atoms with Crippen molar-refractivity contribution in [3.05, 3.63) is 22.4 Å². The average Bonchev–Trinajstić information content (AvgIpc) is 2.67. The van der Waals surface area contributed by atoms with Gasteiger partial charge in [0.2, 0.25) is 0 Å². The van der Waals surface area contributed by atoms with E-state index in [0.717, 1.165) is 4.88 Å². The van der Waals surface area contributed by atoms with E-state index in [1.54, 1.807) is 11.3 Å². The van der Waals surface area contributed by atoms with Gasteiger partial charge >= 0.3 is 5.97 Å². The van der Waals surface area contributed by atoms with Crippen molar-refractivity contribution in [3.8, 4) is 0 Å². The molecular weight excluding hydrogens is 218 g/mol.